The van der Waals surface area contributed by atoms with Crippen LogP contribution in [-0.2, 0) is 11.0 Å². The molecule has 0 aliphatic heterocycles. The molecular weight excluding hydrogens is 341 g/mol. The van der Waals surface area contributed by atoms with Gasteiger partial charge in [0, 0.05) is 29.4 Å². The van der Waals surface area contributed by atoms with E-state index in [-0.39, 0.29) is 24.6 Å². The van der Waals surface area contributed by atoms with Crippen molar-refractivity contribution < 1.29 is 18.0 Å². The largest absolute Gasteiger partial charge is 0.418 e. The number of amides is 1. The molecule has 0 unspecified atom stereocenters. The Hall–Kier alpha value is -2.21. The molecule has 0 atom stereocenters. The molecule has 0 aliphatic rings. The summed E-state index contributed by atoms with van der Waals surface area (Å²) in [5, 5.41) is 5.88. The van der Waals surface area contributed by atoms with E-state index < -0.39 is 11.7 Å². The minimum atomic E-state index is -4.44. The maximum absolute atomic E-state index is 12.9. The summed E-state index contributed by atoms with van der Waals surface area (Å²) in [6, 6.07) is 10.3. The number of alkyl halides is 3. The van der Waals surface area contributed by atoms with Gasteiger partial charge in [-0.15, -0.1) is 0 Å². The number of hydrogen-bond acceptors (Lipinski definition) is 2. The summed E-state index contributed by atoms with van der Waals surface area (Å²) in [4.78, 5) is 11.9. The van der Waals surface area contributed by atoms with Crippen molar-refractivity contribution in [3.05, 3.63) is 58.6 Å². The Bertz CT molecular complexity index is 732. The van der Waals surface area contributed by atoms with Gasteiger partial charge in [0.2, 0.25) is 5.91 Å². The molecule has 3 nitrogen and oxygen atoms in total. The molecule has 0 spiro atoms. The molecule has 0 saturated carbocycles. The number of para-hydroxylation sites is 1. The Kier molecular flexibility index (Phi) is 5.72. The third kappa shape index (κ3) is 4.64. The van der Waals surface area contributed by atoms with E-state index in [1.165, 1.54) is 18.2 Å². The van der Waals surface area contributed by atoms with Gasteiger partial charge in [-0.2, -0.15) is 13.2 Å². The summed E-state index contributed by atoms with van der Waals surface area (Å²) in [6.07, 6.45) is -4.41. The van der Waals surface area contributed by atoms with Gasteiger partial charge >= 0.3 is 6.18 Å². The summed E-state index contributed by atoms with van der Waals surface area (Å²) in [5.74, 6) is -0.308. The van der Waals surface area contributed by atoms with Gasteiger partial charge in [0.05, 0.1) is 5.56 Å². The first-order valence-corrected chi connectivity index (χ1v) is 7.62. The SMILES string of the molecule is Cc1c(Cl)cccc1NC(=O)CCNc1ccccc1C(F)(F)F. The number of nitrogens with one attached hydrogen (secondary N) is 2. The number of halogens is 4. The molecule has 0 saturated heterocycles. The van der Waals surface area contributed by atoms with E-state index >= 15 is 0 Å². The average Bonchev–Trinajstić information content (AvgIpc) is 2.51. The van der Waals surface area contributed by atoms with E-state index in [0.29, 0.717) is 10.7 Å². The second kappa shape index (κ2) is 7.57. The van der Waals surface area contributed by atoms with E-state index in [0.717, 1.165) is 11.6 Å². The Morgan fingerprint density at radius 1 is 1.08 bits per heavy atom. The highest BCUT2D eigenvalue weighted by molar-refractivity contribution is 6.31. The first kappa shape index (κ1) is 18.1. The van der Waals surface area contributed by atoms with Crippen molar-refractivity contribution in [3.63, 3.8) is 0 Å². The van der Waals surface area contributed by atoms with Crippen molar-refractivity contribution >= 4 is 28.9 Å². The molecule has 0 radical (unpaired) electrons. The zero-order valence-electron chi connectivity index (χ0n) is 12.9. The minimum Gasteiger partial charge on any atom is -0.384 e. The highest BCUT2D eigenvalue weighted by Crippen LogP contribution is 2.34. The van der Waals surface area contributed by atoms with Crippen LogP contribution in [0.15, 0.2) is 42.5 Å². The maximum Gasteiger partial charge on any atom is 0.418 e. The zero-order valence-corrected chi connectivity index (χ0v) is 13.6. The van der Waals surface area contributed by atoms with Crippen LogP contribution in [0.4, 0.5) is 24.5 Å². The molecular formula is C17H16ClF3N2O. The van der Waals surface area contributed by atoms with Crippen LogP contribution < -0.4 is 10.6 Å². The second-order valence-corrected chi connectivity index (χ2v) is 5.59. The van der Waals surface area contributed by atoms with E-state index in [1.54, 1.807) is 25.1 Å². The number of carbonyl (C=O) groups excluding carboxylic acids is 1. The Morgan fingerprint density at radius 3 is 2.46 bits per heavy atom. The molecule has 2 aromatic rings. The van der Waals surface area contributed by atoms with E-state index in [2.05, 4.69) is 10.6 Å². The number of benzene rings is 2. The third-order valence-corrected chi connectivity index (χ3v) is 3.85. The summed E-state index contributed by atoms with van der Waals surface area (Å²) < 4.78 is 38.6. The summed E-state index contributed by atoms with van der Waals surface area (Å²) in [6.45, 7) is 1.86. The van der Waals surface area contributed by atoms with Gasteiger partial charge in [-0.05, 0) is 36.8 Å². The normalized spacial score (nSPS) is 11.2. The van der Waals surface area contributed by atoms with Crippen molar-refractivity contribution in [2.45, 2.75) is 19.5 Å². The molecule has 1 amide bonds. The van der Waals surface area contributed by atoms with E-state index in [1.807, 2.05) is 0 Å². The van der Waals surface area contributed by atoms with Gasteiger partial charge in [0.15, 0.2) is 0 Å². The lowest BCUT2D eigenvalue weighted by Gasteiger charge is -2.14. The molecule has 7 heteroatoms. The summed E-state index contributed by atoms with van der Waals surface area (Å²) in [7, 11) is 0. The lowest BCUT2D eigenvalue weighted by Crippen LogP contribution is -2.18. The van der Waals surface area contributed by atoms with Gasteiger partial charge in [0.25, 0.3) is 0 Å². The van der Waals surface area contributed by atoms with Crippen LogP contribution in [0.2, 0.25) is 5.02 Å². The highest BCUT2D eigenvalue weighted by atomic mass is 35.5. The molecule has 0 aromatic heterocycles. The number of hydrogen-bond donors (Lipinski definition) is 2. The topological polar surface area (TPSA) is 41.1 Å². The van der Waals surface area contributed by atoms with Gasteiger partial charge in [-0.3, -0.25) is 4.79 Å². The first-order valence-electron chi connectivity index (χ1n) is 7.24. The van der Waals surface area contributed by atoms with Gasteiger partial charge in [-0.1, -0.05) is 29.8 Å². The average molecular weight is 357 g/mol. The molecule has 0 bridgehead atoms. The number of carbonyl (C=O) groups is 1. The fraction of sp³-hybridized carbons (Fsp3) is 0.235. The molecule has 0 aliphatic carbocycles. The molecule has 24 heavy (non-hydrogen) atoms. The van der Waals surface area contributed by atoms with Crippen molar-refractivity contribution in [3.8, 4) is 0 Å². The fourth-order valence-electron chi connectivity index (χ4n) is 2.15. The monoisotopic (exact) mass is 356 g/mol. The Labute approximate surface area is 142 Å². The first-order chi connectivity index (χ1) is 11.3. The molecule has 2 rings (SSSR count). The van der Waals surface area contributed by atoms with Crippen molar-refractivity contribution in [1.82, 2.24) is 0 Å². The van der Waals surface area contributed by atoms with Gasteiger partial charge < -0.3 is 10.6 Å². The van der Waals surface area contributed by atoms with E-state index in [9.17, 15) is 18.0 Å². The van der Waals surface area contributed by atoms with Crippen molar-refractivity contribution in [1.29, 1.82) is 0 Å². The molecule has 128 valence electrons. The standard InChI is InChI=1S/C17H16ClF3N2O/c1-11-13(18)6-4-8-14(11)23-16(24)9-10-22-15-7-3-2-5-12(15)17(19,20)21/h2-8,22H,9-10H2,1H3,(H,23,24). The number of anilines is 2. The molecule has 0 heterocycles. The quantitative estimate of drug-likeness (QED) is 0.781. The smallest absolute Gasteiger partial charge is 0.384 e. The lowest BCUT2D eigenvalue weighted by atomic mass is 10.1. The predicted molar refractivity (Wildman–Crippen MR) is 89.4 cm³/mol. The van der Waals surface area contributed by atoms with Crippen molar-refractivity contribution in [2.75, 3.05) is 17.2 Å². The summed E-state index contributed by atoms with van der Waals surface area (Å²) >= 11 is 5.97. The van der Waals surface area contributed by atoms with Crippen LogP contribution in [-0.4, -0.2) is 12.5 Å². The minimum absolute atomic E-state index is 0.0259. The van der Waals surface area contributed by atoms with Crippen LogP contribution in [0.5, 0.6) is 0 Å². The predicted octanol–water partition coefficient (Wildman–Crippen LogP) is 5.11. The Balaban J connectivity index is 1.93. The molecule has 2 aromatic carbocycles. The van der Waals surface area contributed by atoms with Gasteiger partial charge in [0.1, 0.15) is 0 Å². The van der Waals surface area contributed by atoms with Gasteiger partial charge in [-0.25, -0.2) is 0 Å². The third-order valence-electron chi connectivity index (χ3n) is 3.44. The van der Waals surface area contributed by atoms with Crippen molar-refractivity contribution in [2.24, 2.45) is 0 Å². The Morgan fingerprint density at radius 2 is 1.75 bits per heavy atom. The summed E-state index contributed by atoms with van der Waals surface area (Å²) in [5.41, 5.74) is 0.527. The lowest BCUT2D eigenvalue weighted by molar-refractivity contribution is -0.137. The van der Waals surface area contributed by atoms with Crippen LogP contribution >= 0.6 is 11.6 Å². The molecule has 2 N–H and O–H groups in total. The van der Waals surface area contributed by atoms with Crippen LogP contribution in [0, 0.1) is 6.92 Å². The zero-order chi connectivity index (χ0) is 17.7. The maximum atomic E-state index is 12.9. The van der Waals surface area contributed by atoms with Crippen LogP contribution in [0.25, 0.3) is 0 Å². The highest BCUT2D eigenvalue weighted by Gasteiger charge is 2.33. The number of rotatable bonds is 5. The van der Waals surface area contributed by atoms with E-state index in [4.69, 9.17) is 11.6 Å². The second-order valence-electron chi connectivity index (χ2n) is 5.18. The molecule has 0 fully saturated rings. The fourth-order valence-corrected chi connectivity index (χ4v) is 2.33. The van der Waals surface area contributed by atoms with Crippen LogP contribution in [0.1, 0.15) is 17.5 Å². The van der Waals surface area contributed by atoms with Crippen LogP contribution in [0.3, 0.4) is 0 Å².